The summed E-state index contributed by atoms with van der Waals surface area (Å²) >= 11 is 1.35. The molecule has 3 heterocycles. The third-order valence-electron chi connectivity index (χ3n) is 5.59. The van der Waals surface area contributed by atoms with Crippen molar-refractivity contribution in [2.75, 3.05) is 25.6 Å². The summed E-state index contributed by atoms with van der Waals surface area (Å²) in [5.74, 6) is 0.592. The highest BCUT2D eigenvalue weighted by molar-refractivity contribution is 7.16. The molecule has 0 bridgehead atoms. The van der Waals surface area contributed by atoms with Crippen molar-refractivity contribution < 1.29 is 19.1 Å². The van der Waals surface area contributed by atoms with Crippen LogP contribution in [0.2, 0.25) is 0 Å². The summed E-state index contributed by atoms with van der Waals surface area (Å²) in [5, 5.41) is 13.1. The minimum atomic E-state index is -0.387. The van der Waals surface area contributed by atoms with E-state index in [0.29, 0.717) is 43.0 Å². The fourth-order valence-corrected chi connectivity index (χ4v) is 5.02. The van der Waals surface area contributed by atoms with E-state index in [0.717, 1.165) is 21.8 Å². The molecule has 1 aromatic carbocycles. The first-order valence-electron chi connectivity index (χ1n) is 10.9. The molecular weight excluding hydrogens is 454 g/mol. The zero-order chi connectivity index (χ0) is 23.9. The van der Waals surface area contributed by atoms with Gasteiger partial charge < -0.3 is 24.3 Å². The molecule has 0 aliphatic carbocycles. The minimum absolute atomic E-state index is 0.159. The number of aromatic nitrogens is 2. The molecule has 0 atom stereocenters. The predicted octanol–water partition coefficient (Wildman–Crippen LogP) is 3.59. The van der Waals surface area contributed by atoms with Gasteiger partial charge in [-0.3, -0.25) is 4.79 Å². The van der Waals surface area contributed by atoms with E-state index in [4.69, 9.17) is 9.47 Å². The maximum Gasteiger partial charge on any atom is 0.410 e. The molecule has 0 saturated carbocycles. The molecule has 2 amide bonds. The minimum Gasteiger partial charge on any atom is -0.497 e. The molecule has 9 nitrogen and oxygen atoms in total. The third-order valence-corrected chi connectivity index (χ3v) is 6.72. The molecule has 1 aliphatic rings. The van der Waals surface area contributed by atoms with Gasteiger partial charge in [0.15, 0.2) is 0 Å². The van der Waals surface area contributed by atoms with Crippen LogP contribution >= 0.6 is 11.3 Å². The number of benzene rings is 1. The number of imidazole rings is 1. The van der Waals surface area contributed by atoms with Gasteiger partial charge in [0.1, 0.15) is 23.4 Å². The topological polar surface area (TPSA) is 109 Å². The van der Waals surface area contributed by atoms with Gasteiger partial charge in [0, 0.05) is 30.2 Å². The normalized spacial score (nSPS) is 12.5. The van der Waals surface area contributed by atoms with Crippen LogP contribution in [0.3, 0.4) is 0 Å². The number of methoxy groups -OCH3 is 1. The molecule has 3 aromatic rings. The zero-order valence-corrected chi connectivity index (χ0v) is 19.6. The maximum absolute atomic E-state index is 12.6. The van der Waals surface area contributed by atoms with Gasteiger partial charge in [0.25, 0.3) is 0 Å². The van der Waals surface area contributed by atoms with Crippen LogP contribution in [0.15, 0.2) is 43.0 Å². The number of carbonyl (C=O) groups is 2. The summed E-state index contributed by atoms with van der Waals surface area (Å²) in [5.41, 5.74) is 2.39. The number of nitrogens with one attached hydrogen (secondary N) is 1. The summed E-state index contributed by atoms with van der Waals surface area (Å²) in [6.07, 6.45) is 6.16. The molecule has 34 heavy (non-hydrogen) atoms. The van der Waals surface area contributed by atoms with Gasteiger partial charge >= 0.3 is 6.09 Å². The van der Waals surface area contributed by atoms with Crippen LogP contribution < -0.4 is 10.1 Å². The van der Waals surface area contributed by atoms with Crippen LogP contribution in [-0.4, -0.2) is 46.7 Å². The Hall–Kier alpha value is -3.84. The molecule has 1 N–H and O–H groups in total. The van der Waals surface area contributed by atoms with E-state index < -0.39 is 0 Å². The Morgan fingerprint density at radius 2 is 2.24 bits per heavy atom. The predicted molar refractivity (Wildman–Crippen MR) is 127 cm³/mol. The van der Waals surface area contributed by atoms with Crippen molar-refractivity contribution in [2.24, 2.45) is 0 Å². The van der Waals surface area contributed by atoms with Crippen molar-refractivity contribution in [1.29, 1.82) is 5.26 Å². The highest BCUT2D eigenvalue weighted by atomic mass is 32.1. The van der Waals surface area contributed by atoms with Gasteiger partial charge in [-0.25, -0.2) is 9.78 Å². The molecule has 0 unspecified atom stereocenters. The molecule has 0 fully saturated rings. The smallest absolute Gasteiger partial charge is 0.410 e. The summed E-state index contributed by atoms with van der Waals surface area (Å²) in [7, 11) is 1.61. The average Bonchev–Trinajstić information content (AvgIpc) is 3.49. The lowest BCUT2D eigenvalue weighted by molar-refractivity contribution is -0.116. The molecule has 0 radical (unpaired) electrons. The van der Waals surface area contributed by atoms with Crippen molar-refractivity contribution in [3.05, 3.63) is 64.6 Å². The molecule has 176 valence electrons. The fraction of sp³-hybridized carbons (Fsp3) is 0.333. The first-order valence-corrected chi connectivity index (χ1v) is 11.7. The van der Waals surface area contributed by atoms with Crippen molar-refractivity contribution in [3.8, 4) is 11.8 Å². The van der Waals surface area contributed by atoms with Crippen LogP contribution in [0.5, 0.6) is 5.75 Å². The first kappa shape index (κ1) is 23.3. The number of aryl methyl sites for hydroxylation is 1. The van der Waals surface area contributed by atoms with E-state index in [9.17, 15) is 14.9 Å². The van der Waals surface area contributed by atoms with E-state index in [1.54, 1.807) is 24.5 Å². The largest absolute Gasteiger partial charge is 0.497 e. The van der Waals surface area contributed by atoms with E-state index in [1.807, 2.05) is 35.0 Å². The van der Waals surface area contributed by atoms with Crippen LogP contribution in [0.25, 0.3) is 0 Å². The van der Waals surface area contributed by atoms with Gasteiger partial charge in [0.2, 0.25) is 5.91 Å². The van der Waals surface area contributed by atoms with Crippen LogP contribution in [0.4, 0.5) is 9.80 Å². The van der Waals surface area contributed by atoms with Crippen molar-refractivity contribution in [2.45, 2.75) is 32.4 Å². The fourth-order valence-electron chi connectivity index (χ4n) is 3.79. The van der Waals surface area contributed by atoms with Gasteiger partial charge in [-0.1, -0.05) is 12.1 Å². The van der Waals surface area contributed by atoms with Crippen molar-refractivity contribution in [3.63, 3.8) is 0 Å². The highest BCUT2D eigenvalue weighted by Gasteiger charge is 2.28. The standard InChI is InChI=1S/C24H25N5O4S/c1-32-18-4-2-3-17(13-18)5-6-22(30)27-23-20(14-25)19-7-9-29(15-21(19)34-23)24(31)33-12-11-28-10-8-26-16-28/h2-4,8,10,13,16H,5-7,9,11-12,15H2,1H3,(H,27,30). The second-order valence-corrected chi connectivity index (χ2v) is 8.91. The molecular formula is C24H25N5O4S. The Bertz CT molecular complexity index is 1200. The number of ether oxygens (including phenoxy) is 2. The summed E-state index contributed by atoms with van der Waals surface area (Å²) in [6, 6.07) is 9.83. The van der Waals surface area contributed by atoms with Crippen LogP contribution in [0, 0.1) is 11.3 Å². The zero-order valence-electron chi connectivity index (χ0n) is 18.8. The van der Waals surface area contributed by atoms with E-state index in [2.05, 4.69) is 16.4 Å². The second kappa shape index (κ2) is 10.9. The maximum atomic E-state index is 12.6. The number of amides is 2. The van der Waals surface area contributed by atoms with Gasteiger partial charge in [0.05, 0.1) is 32.1 Å². The number of thiophene rings is 1. The quantitative estimate of drug-likeness (QED) is 0.529. The lowest BCUT2D eigenvalue weighted by Crippen LogP contribution is -2.36. The van der Waals surface area contributed by atoms with E-state index in [1.165, 1.54) is 11.3 Å². The molecule has 10 heteroatoms. The summed E-state index contributed by atoms with van der Waals surface area (Å²) < 4.78 is 12.4. The number of nitriles is 1. The molecule has 1 aliphatic heterocycles. The van der Waals surface area contributed by atoms with Gasteiger partial charge in [-0.05, 0) is 36.1 Å². The lowest BCUT2D eigenvalue weighted by atomic mass is 10.0. The summed E-state index contributed by atoms with van der Waals surface area (Å²) in [6.45, 7) is 1.61. The number of hydrogen-bond acceptors (Lipinski definition) is 7. The molecule has 4 rings (SSSR count). The first-order chi connectivity index (χ1) is 16.6. The Morgan fingerprint density at radius 1 is 1.35 bits per heavy atom. The van der Waals surface area contributed by atoms with E-state index >= 15 is 0 Å². The number of nitrogens with zero attached hydrogens (tertiary/aromatic N) is 4. The Kier molecular flexibility index (Phi) is 7.44. The molecule has 0 spiro atoms. The number of hydrogen-bond donors (Lipinski definition) is 1. The van der Waals surface area contributed by atoms with Gasteiger partial charge in [-0.15, -0.1) is 11.3 Å². The Labute approximate surface area is 201 Å². The van der Waals surface area contributed by atoms with Crippen molar-refractivity contribution >= 4 is 28.3 Å². The SMILES string of the molecule is COc1cccc(CCC(=O)Nc2sc3c(c2C#N)CCN(C(=O)OCCn2ccnc2)C3)c1. The average molecular weight is 480 g/mol. The molecule has 2 aromatic heterocycles. The van der Waals surface area contributed by atoms with Crippen LogP contribution in [0.1, 0.15) is 28.0 Å². The number of rotatable bonds is 8. The second-order valence-electron chi connectivity index (χ2n) is 7.81. The number of anilines is 1. The monoisotopic (exact) mass is 479 g/mol. The van der Waals surface area contributed by atoms with Crippen molar-refractivity contribution in [1.82, 2.24) is 14.5 Å². The molecule has 0 saturated heterocycles. The van der Waals surface area contributed by atoms with Crippen LogP contribution in [-0.2, 0) is 35.5 Å². The lowest BCUT2D eigenvalue weighted by Gasteiger charge is -2.26. The third kappa shape index (κ3) is 5.55. The van der Waals surface area contributed by atoms with E-state index in [-0.39, 0.29) is 25.0 Å². The Morgan fingerprint density at radius 3 is 3.00 bits per heavy atom. The Balaban J connectivity index is 1.33. The number of fused-ring (bicyclic) bond motifs is 1. The van der Waals surface area contributed by atoms with Gasteiger partial charge in [-0.2, -0.15) is 5.26 Å². The number of carbonyl (C=O) groups excluding carboxylic acids is 2. The highest BCUT2D eigenvalue weighted by Crippen LogP contribution is 2.37. The summed E-state index contributed by atoms with van der Waals surface area (Å²) in [4.78, 5) is 31.5.